The van der Waals surface area contributed by atoms with Crippen LogP contribution in [-0.2, 0) is 20.9 Å². The van der Waals surface area contributed by atoms with Crippen molar-refractivity contribution in [2.24, 2.45) is 0 Å². The van der Waals surface area contributed by atoms with E-state index in [2.05, 4.69) is 12.2 Å². The second kappa shape index (κ2) is 11.8. The summed E-state index contributed by atoms with van der Waals surface area (Å²) in [7, 11) is 3.40. The molecule has 0 aromatic heterocycles. The Morgan fingerprint density at radius 2 is 1.90 bits per heavy atom. The van der Waals surface area contributed by atoms with Gasteiger partial charge in [0.2, 0.25) is 12.8 Å². The van der Waals surface area contributed by atoms with Gasteiger partial charge >= 0.3 is 0 Å². The van der Waals surface area contributed by atoms with Gasteiger partial charge in [0.1, 0.15) is 11.5 Å². The normalized spacial score (nSPS) is 15.9. The Hall–Kier alpha value is -2.25. The maximum atomic E-state index is 13.3. The van der Waals surface area contributed by atoms with Gasteiger partial charge in [-0.25, -0.2) is 0 Å². The largest absolute Gasteiger partial charge is 0.340 e. The number of hydrogen-bond donors (Lipinski definition) is 1. The van der Waals surface area contributed by atoms with Gasteiger partial charge in [-0.3, -0.25) is 9.59 Å². The fraction of sp³-hybridized carbons (Fsp3) is 0.545. The Labute approximate surface area is 184 Å². The number of benzene rings is 1. The van der Waals surface area contributed by atoms with Gasteiger partial charge in [0.15, 0.2) is 0 Å². The average Bonchev–Trinajstić information content (AvgIpc) is 3.09. The number of nitrogens with zero attached hydrogens (tertiary/aromatic N) is 3. The highest BCUT2D eigenvalue weighted by Gasteiger charge is 2.38. The van der Waals surface area contributed by atoms with Crippen molar-refractivity contribution in [2.45, 2.75) is 52.4 Å². The summed E-state index contributed by atoms with van der Waals surface area (Å²) in [6, 6.07) is 7.50. The number of carbonyl (C=O) groups excluding carboxylic acids is 2. The zero-order valence-corrected chi connectivity index (χ0v) is 19.1. The van der Waals surface area contributed by atoms with Crippen LogP contribution in [0.5, 0.6) is 0 Å². The topological polar surface area (TPSA) is 65.1 Å². The second-order valence-corrected chi connectivity index (χ2v) is 7.91. The van der Waals surface area contributed by atoms with E-state index in [-0.39, 0.29) is 5.91 Å². The van der Waals surface area contributed by atoms with Crippen molar-refractivity contribution < 1.29 is 14.3 Å². The molecule has 2 amide bonds. The van der Waals surface area contributed by atoms with Crippen LogP contribution in [0.4, 0.5) is 0 Å². The third kappa shape index (κ3) is 6.12. The molecule has 166 valence electrons. The summed E-state index contributed by atoms with van der Waals surface area (Å²) in [5.74, 6) is 0.300. The van der Waals surface area contributed by atoms with E-state index in [1.54, 1.807) is 19.0 Å². The molecule has 0 saturated carbocycles. The highest BCUT2D eigenvalue weighted by Crippen LogP contribution is 2.27. The maximum absolute atomic E-state index is 13.3. The van der Waals surface area contributed by atoms with Gasteiger partial charge in [-0.05, 0) is 30.5 Å². The van der Waals surface area contributed by atoms with Crippen LogP contribution >= 0.6 is 11.6 Å². The number of amides is 2. The summed E-state index contributed by atoms with van der Waals surface area (Å²) in [6.07, 6.45) is 4.10. The fourth-order valence-electron chi connectivity index (χ4n) is 3.31. The van der Waals surface area contributed by atoms with Gasteiger partial charge in [-0.1, -0.05) is 50.4 Å². The molecule has 1 N–H and O–H groups in total. The van der Waals surface area contributed by atoms with Crippen molar-refractivity contribution in [2.75, 3.05) is 27.2 Å². The Morgan fingerprint density at radius 1 is 1.20 bits per heavy atom. The molecular weight excluding hydrogens is 404 g/mol. The van der Waals surface area contributed by atoms with Crippen molar-refractivity contribution >= 4 is 23.9 Å². The average molecular weight is 437 g/mol. The van der Waals surface area contributed by atoms with E-state index in [4.69, 9.17) is 16.3 Å². The third-order valence-electron chi connectivity index (χ3n) is 4.96. The molecule has 30 heavy (non-hydrogen) atoms. The van der Waals surface area contributed by atoms with Gasteiger partial charge in [0.25, 0.3) is 5.91 Å². The highest BCUT2D eigenvalue weighted by atomic mass is 35.5. The van der Waals surface area contributed by atoms with Crippen LogP contribution in [0.25, 0.3) is 0 Å². The molecule has 1 aromatic rings. The molecule has 2 rings (SSSR count). The lowest BCUT2D eigenvalue weighted by Crippen LogP contribution is -2.43. The summed E-state index contributed by atoms with van der Waals surface area (Å²) >= 11 is 6.03. The molecule has 0 saturated heterocycles. The molecule has 1 atom stereocenters. The van der Waals surface area contributed by atoms with Crippen LogP contribution in [0.1, 0.15) is 45.1 Å². The predicted octanol–water partition coefficient (Wildman–Crippen LogP) is 3.36. The van der Waals surface area contributed by atoms with Gasteiger partial charge < -0.3 is 24.8 Å². The Balaban J connectivity index is 2.36. The SMILES string of the molecule is CCCCCOC1NC(N(C)C=O)=C(C(=O)N(C)CCC)N1Cc1ccc(Cl)cc1. The van der Waals surface area contributed by atoms with E-state index in [9.17, 15) is 9.59 Å². The molecule has 1 aliphatic heterocycles. The van der Waals surface area contributed by atoms with Crippen LogP contribution in [-0.4, -0.2) is 60.6 Å². The minimum absolute atomic E-state index is 0.151. The first-order valence-corrected chi connectivity index (χ1v) is 10.9. The van der Waals surface area contributed by atoms with Crippen molar-refractivity contribution in [1.29, 1.82) is 0 Å². The van der Waals surface area contributed by atoms with Crippen molar-refractivity contribution in [3.63, 3.8) is 0 Å². The molecule has 0 aliphatic carbocycles. The molecule has 0 spiro atoms. The van der Waals surface area contributed by atoms with Crippen molar-refractivity contribution in [3.8, 4) is 0 Å². The number of carbonyl (C=O) groups is 2. The monoisotopic (exact) mass is 436 g/mol. The predicted molar refractivity (Wildman–Crippen MR) is 118 cm³/mol. The summed E-state index contributed by atoms with van der Waals surface area (Å²) in [5.41, 5.74) is 1.41. The minimum atomic E-state index is -0.538. The van der Waals surface area contributed by atoms with Crippen LogP contribution in [0.2, 0.25) is 5.02 Å². The zero-order valence-electron chi connectivity index (χ0n) is 18.4. The molecule has 1 aromatic carbocycles. The van der Waals surface area contributed by atoms with Crippen LogP contribution in [0.3, 0.4) is 0 Å². The van der Waals surface area contributed by atoms with Gasteiger partial charge in [-0.2, -0.15) is 0 Å². The van der Waals surface area contributed by atoms with E-state index >= 15 is 0 Å². The number of rotatable bonds is 12. The number of likely N-dealkylation sites (N-methyl/N-ethyl adjacent to an activating group) is 1. The number of ether oxygens (including phenoxy) is 1. The summed E-state index contributed by atoms with van der Waals surface area (Å²) < 4.78 is 6.09. The molecule has 1 unspecified atom stereocenters. The van der Waals surface area contributed by atoms with Gasteiger partial charge in [-0.15, -0.1) is 0 Å². The van der Waals surface area contributed by atoms with Crippen molar-refractivity contribution in [3.05, 3.63) is 46.4 Å². The molecule has 7 nitrogen and oxygen atoms in total. The first-order valence-electron chi connectivity index (χ1n) is 10.5. The standard InChI is InChI=1S/C22H33ClN4O3/c1-5-7-8-14-30-22-24-20(26(4)16-28)19(21(29)25(3)13-6-2)27(22)15-17-9-11-18(23)12-10-17/h9-12,16,22,24H,5-8,13-15H2,1-4H3. The second-order valence-electron chi connectivity index (χ2n) is 7.47. The molecule has 8 heteroatoms. The Morgan fingerprint density at radius 3 is 2.50 bits per heavy atom. The third-order valence-corrected chi connectivity index (χ3v) is 5.22. The van der Waals surface area contributed by atoms with Crippen LogP contribution in [0, 0.1) is 0 Å². The molecule has 0 fully saturated rings. The van der Waals surface area contributed by atoms with Crippen molar-refractivity contribution in [1.82, 2.24) is 20.0 Å². The fourth-order valence-corrected chi connectivity index (χ4v) is 3.43. The minimum Gasteiger partial charge on any atom is -0.340 e. The Kier molecular flexibility index (Phi) is 9.46. The molecule has 0 radical (unpaired) electrons. The Bertz CT molecular complexity index is 738. The number of hydrogen-bond acceptors (Lipinski definition) is 5. The van der Waals surface area contributed by atoms with Gasteiger partial charge in [0.05, 0.1) is 6.61 Å². The smallest absolute Gasteiger partial charge is 0.273 e. The highest BCUT2D eigenvalue weighted by molar-refractivity contribution is 6.30. The van der Waals surface area contributed by atoms with E-state index in [0.29, 0.717) is 42.6 Å². The summed E-state index contributed by atoms with van der Waals surface area (Å²) in [5, 5.41) is 3.89. The summed E-state index contributed by atoms with van der Waals surface area (Å²) in [4.78, 5) is 29.8. The van der Waals surface area contributed by atoms with Crippen LogP contribution < -0.4 is 5.32 Å². The number of halogens is 1. The maximum Gasteiger partial charge on any atom is 0.273 e. The molecule has 0 bridgehead atoms. The summed E-state index contributed by atoms with van der Waals surface area (Å²) in [6.45, 7) is 5.79. The van der Waals surface area contributed by atoms with Crippen LogP contribution in [0.15, 0.2) is 35.8 Å². The van der Waals surface area contributed by atoms with E-state index < -0.39 is 6.35 Å². The van der Waals surface area contributed by atoms with Gasteiger partial charge in [0, 0.05) is 32.2 Å². The van der Waals surface area contributed by atoms with E-state index in [0.717, 1.165) is 31.2 Å². The molecule has 1 heterocycles. The zero-order chi connectivity index (χ0) is 22.1. The molecular formula is C22H33ClN4O3. The van der Waals surface area contributed by atoms with E-state index in [1.165, 1.54) is 4.90 Å². The molecule has 1 aliphatic rings. The first-order chi connectivity index (χ1) is 14.4. The number of nitrogens with one attached hydrogen (secondary N) is 1. The quantitative estimate of drug-likeness (QED) is 0.402. The lowest BCUT2D eigenvalue weighted by molar-refractivity contribution is -0.130. The lowest BCUT2D eigenvalue weighted by atomic mass is 10.2. The lowest BCUT2D eigenvalue weighted by Gasteiger charge is -2.29. The first kappa shape index (κ1) is 24.0. The van der Waals surface area contributed by atoms with E-state index in [1.807, 2.05) is 36.1 Å². The number of unbranched alkanes of at least 4 members (excludes halogenated alkanes) is 2.